The first-order valence-corrected chi connectivity index (χ1v) is 28.4. The number of phosphoric acid groups is 1. The number of aliphatic hydroxyl groups excluding tert-OH is 1. The van der Waals surface area contributed by atoms with Crippen LogP contribution in [0.25, 0.3) is 27.9 Å². The molecular formula is C57H72N10O9P+. The van der Waals surface area contributed by atoms with Gasteiger partial charge in [-0.3, -0.25) is 23.2 Å². The van der Waals surface area contributed by atoms with Gasteiger partial charge < -0.3 is 45.6 Å². The highest BCUT2D eigenvalue weighted by Gasteiger charge is 2.53. The van der Waals surface area contributed by atoms with E-state index in [0.29, 0.717) is 48.7 Å². The Bertz CT molecular complexity index is 3430. The summed E-state index contributed by atoms with van der Waals surface area (Å²) in [6.07, 6.45) is 5.72. The smallest absolute Gasteiger partial charge is 0.456 e. The van der Waals surface area contributed by atoms with E-state index < -0.39 is 32.4 Å². The number of nitrogen functional groups attached to an aromatic ring is 1. The highest BCUT2D eigenvalue weighted by Crippen LogP contribution is 2.53. The Morgan fingerprint density at radius 2 is 1.69 bits per heavy atom. The average Bonchev–Trinajstić information content (AvgIpc) is 4.03. The molecule has 5 atom stereocenters. The van der Waals surface area contributed by atoms with Gasteiger partial charge in [-0.1, -0.05) is 37.1 Å². The van der Waals surface area contributed by atoms with E-state index >= 15 is 0 Å². The number of carbonyl (C=O) groups is 2. The molecule has 77 heavy (non-hydrogen) atoms. The summed E-state index contributed by atoms with van der Waals surface area (Å²) in [6.45, 7) is 20.6. The molecule has 0 saturated carbocycles. The predicted octanol–water partition coefficient (Wildman–Crippen LogP) is 6.90. The first-order chi connectivity index (χ1) is 36.7. The van der Waals surface area contributed by atoms with Gasteiger partial charge in [-0.15, -0.1) is 0 Å². The molecule has 0 aliphatic carbocycles. The molecule has 5 aromatic rings. The number of benzene rings is 3. The van der Waals surface area contributed by atoms with Gasteiger partial charge in [-0.05, 0) is 102 Å². The third-order valence-corrected chi connectivity index (χ3v) is 16.6. The quantitative estimate of drug-likeness (QED) is 0.0355. The van der Waals surface area contributed by atoms with Gasteiger partial charge in [-0.2, -0.15) is 0 Å². The number of aromatic nitrogens is 4. The molecule has 0 spiro atoms. The summed E-state index contributed by atoms with van der Waals surface area (Å²) in [4.78, 5) is 54.8. The summed E-state index contributed by atoms with van der Waals surface area (Å²) in [5, 5.41) is 19.6. The monoisotopic (exact) mass is 1070 g/mol. The van der Waals surface area contributed by atoms with Crippen molar-refractivity contribution in [1.29, 1.82) is 0 Å². The van der Waals surface area contributed by atoms with E-state index in [0.717, 1.165) is 94.4 Å². The van der Waals surface area contributed by atoms with E-state index in [1.807, 2.05) is 24.3 Å². The Hall–Kier alpha value is -6.47. The number of aliphatic hydroxyl groups is 1. The Kier molecular flexibility index (Phi) is 14.7. The van der Waals surface area contributed by atoms with E-state index in [1.165, 1.54) is 17.5 Å². The largest absolute Gasteiger partial charge is 0.472 e. The summed E-state index contributed by atoms with van der Waals surface area (Å²) in [7, 11) is -2.53. The van der Waals surface area contributed by atoms with Gasteiger partial charge >= 0.3 is 7.82 Å². The molecule has 2 aromatic heterocycles. The molecule has 2 saturated heterocycles. The van der Waals surface area contributed by atoms with E-state index in [1.54, 1.807) is 16.5 Å². The molecule has 3 aromatic carbocycles. The Morgan fingerprint density at radius 1 is 0.935 bits per heavy atom. The summed E-state index contributed by atoms with van der Waals surface area (Å²) in [6, 6.07) is 16.8. The lowest BCUT2D eigenvalue weighted by Crippen LogP contribution is -2.49. The number of phosphoric ester groups is 1. The lowest BCUT2D eigenvalue weighted by molar-refractivity contribution is -0.121. The van der Waals surface area contributed by atoms with Crippen LogP contribution in [0.15, 0.2) is 67.0 Å². The van der Waals surface area contributed by atoms with Crippen LogP contribution in [0.1, 0.15) is 133 Å². The molecule has 20 heteroatoms. The molecular weight excluding hydrogens is 1000 g/mol. The van der Waals surface area contributed by atoms with Crippen molar-refractivity contribution < 1.29 is 42.7 Å². The number of nitrogens with zero attached hydrogens (tertiary/aromatic N) is 7. The van der Waals surface area contributed by atoms with Crippen LogP contribution in [-0.4, -0.2) is 122 Å². The van der Waals surface area contributed by atoms with Crippen LogP contribution in [0.4, 0.5) is 17.5 Å². The summed E-state index contributed by atoms with van der Waals surface area (Å²) in [5.41, 5.74) is 15.5. The Labute approximate surface area is 449 Å². The van der Waals surface area contributed by atoms with Crippen LogP contribution >= 0.6 is 7.82 Å². The molecule has 408 valence electrons. The second kappa shape index (κ2) is 21.1. The number of anilines is 3. The highest BCUT2D eigenvalue weighted by molar-refractivity contribution is 7.47. The van der Waals surface area contributed by atoms with E-state index in [2.05, 4.69) is 127 Å². The van der Waals surface area contributed by atoms with E-state index in [4.69, 9.17) is 24.3 Å². The molecule has 0 bridgehead atoms. The first kappa shape index (κ1) is 53.9. The number of nitrogens with one attached hydrogen (secondary N) is 2. The van der Waals surface area contributed by atoms with Crippen LogP contribution in [0.3, 0.4) is 0 Å². The Morgan fingerprint density at radius 3 is 2.45 bits per heavy atom. The maximum Gasteiger partial charge on any atom is 0.472 e. The number of ether oxygens (including phenoxy) is 2. The van der Waals surface area contributed by atoms with Crippen LogP contribution in [-0.2, 0) is 23.1 Å². The number of rotatable bonds is 17. The molecule has 1 unspecified atom stereocenters. The van der Waals surface area contributed by atoms with Gasteiger partial charge in [0.15, 0.2) is 28.7 Å². The minimum Gasteiger partial charge on any atom is -0.456 e. The van der Waals surface area contributed by atoms with Crippen LogP contribution in [0.2, 0.25) is 0 Å². The van der Waals surface area contributed by atoms with Gasteiger partial charge in [0, 0.05) is 98.3 Å². The van der Waals surface area contributed by atoms with Gasteiger partial charge in [0.25, 0.3) is 5.91 Å². The third kappa shape index (κ3) is 10.2. The number of fused-ring (bicyclic) bond motifs is 6. The topological polar surface area (TPSA) is 232 Å². The molecule has 10 rings (SSSR count). The van der Waals surface area contributed by atoms with Crippen molar-refractivity contribution in [3.63, 3.8) is 0 Å². The fourth-order valence-electron chi connectivity index (χ4n) is 12.1. The first-order valence-electron chi connectivity index (χ1n) is 26.9. The van der Waals surface area contributed by atoms with Crippen LogP contribution in [0, 0.1) is 0 Å². The van der Waals surface area contributed by atoms with Gasteiger partial charge in [0.1, 0.15) is 42.7 Å². The fraction of sp³-hybridized carbons (Fsp3) is 0.474. The van der Waals surface area contributed by atoms with E-state index in [9.17, 15) is 24.2 Å². The normalized spacial score (nSPS) is 22.7. The molecule has 5 aliphatic heterocycles. The number of unbranched alkanes of at least 4 members (excludes halogenated alkanes) is 3. The molecule has 19 nitrogen and oxygen atoms in total. The van der Waals surface area contributed by atoms with Crippen LogP contribution in [0.5, 0.6) is 11.5 Å². The average molecular weight is 1070 g/mol. The lowest BCUT2D eigenvalue weighted by atomic mass is 9.83. The second-order valence-corrected chi connectivity index (χ2v) is 23.3. The van der Waals surface area contributed by atoms with E-state index in [-0.39, 0.29) is 41.7 Å². The molecule has 6 N–H and O–H groups in total. The highest BCUT2D eigenvalue weighted by atomic mass is 31.2. The molecule has 5 aliphatic rings. The van der Waals surface area contributed by atoms with Crippen molar-refractivity contribution >= 4 is 65.0 Å². The summed E-state index contributed by atoms with van der Waals surface area (Å²) >= 11 is 0. The molecule has 2 amide bonds. The molecule has 2 fully saturated rings. The zero-order valence-electron chi connectivity index (χ0n) is 45.6. The van der Waals surface area contributed by atoms with Crippen molar-refractivity contribution in [2.75, 3.05) is 62.3 Å². The summed E-state index contributed by atoms with van der Waals surface area (Å²) < 4.78 is 39.2. The van der Waals surface area contributed by atoms with Crippen molar-refractivity contribution in [1.82, 2.24) is 34.3 Å². The van der Waals surface area contributed by atoms with Crippen molar-refractivity contribution in [2.45, 2.75) is 130 Å². The molecule has 7 heterocycles. The fourth-order valence-corrected chi connectivity index (χ4v) is 13.1. The lowest BCUT2D eigenvalue weighted by Gasteiger charge is -2.43. The number of hydrogen-bond donors (Lipinski definition) is 5. The van der Waals surface area contributed by atoms with Crippen molar-refractivity contribution in [2.24, 2.45) is 0 Å². The Balaban J connectivity index is 0.777. The zero-order chi connectivity index (χ0) is 54.7. The maximum atomic E-state index is 14.7. The third-order valence-electron chi connectivity index (χ3n) is 15.7. The van der Waals surface area contributed by atoms with Crippen LogP contribution < -0.4 is 41.2 Å². The van der Waals surface area contributed by atoms with Gasteiger partial charge in [-0.25, -0.2) is 24.1 Å². The van der Waals surface area contributed by atoms with Gasteiger partial charge in [0.05, 0.1) is 18.2 Å². The predicted molar refractivity (Wildman–Crippen MR) is 297 cm³/mol. The van der Waals surface area contributed by atoms with Crippen molar-refractivity contribution in [3.8, 4) is 11.5 Å². The minimum absolute atomic E-state index is 0.0644. The van der Waals surface area contributed by atoms with Gasteiger partial charge in [0.2, 0.25) is 17.2 Å². The van der Waals surface area contributed by atoms with Crippen molar-refractivity contribution in [3.05, 3.63) is 105 Å². The number of likely N-dealkylation sites (N-methyl/N-ethyl adjacent to an activating group) is 2. The second-order valence-electron chi connectivity index (χ2n) is 21.9. The standard InChI is InChI=1S/C57H71N10O9P/c1-10-65-41-27-43-39(25-37(41)33(3)29-56(65,5)6)47(40-26-38-34(4)30-57(7,8)66(11-2)42(38)28-44(40)74-43)35-19-14-15-20-36(35)53(70)64(9)24-18-21-46(68)59-22-16-12-13-17-23-60-55-63-48-51(58)61-32-62-52(48)67(55)54-49(69)50-45(75-54)31-73-77(71,72)76-50/h14-15,19-20,25-30,32,45,49-50,54,58,69H,10-13,16-18,21-24,31H2,1-9H3,(H3,59,68,70,71,72)/p+1/t45-,49-,50-,54-/m1/s1. The molecule has 0 radical (unpaired) electrons. The SMILES string of the molecule is CCN1c2cc3c(cc2C(C)=CC1(C)C)C(c1ccccc1C(=O)N(C)CCCC(=O)NCCCCCCNc1nc2c(N)ncnc2n1[C@@H]1O[C@@H]2COP(=O)(O)O[C@H]2[C@H]1O)=c1cc2c(cc1O3)=[N+](CC)C(C)(C)C=C2C. The number of hydrogen-bond acceptors (Lipinski definition) is 14. The zero-order valence-corrected chi connectivity index (χ0v) is 46.4. The number of amides is 2. The summed E-state index contributed by atoms with van der Waals surface area (Å²) in [5.74, 6) is 1.80. The number of carbonyl (C=O) groups excluding carboxylic acids is 2. The number of nitrogens with two attached hydrogens (primary N) is 1. The number of imidazole rings is 1. The maximum absolute atomic E-state index is 14.7. The number of allylic oxidation sites excluding steroid dienone is 2. The minimum atomic E-state index is -4.33.